The van der Waals surface area contributed by atoms with Gasteiger partial charge in [-0.15, -0.1) is 0 Å². The van der Waals surface area contributed by atoms with Crippen LogP contribution in [0.15, 0.2) is 22.6 Å². The summed E-state index contributed by atoms with van der Waals surface area (Å²) in [5.41, 5.74) is 0.914. The van der Waals surface area contributed by atoms with Gasteiger partial charge >= 0.3 is 0 Å². The smallest absolute Gasteiger partial charge is 0.255 e. The topological polar surface area (TPSA) is 62.5 Å². The summed E-state index contributed by atoms with van der Waals surface area (Å²) in [4.78, 5) is 11.6. The molecule has 78 valence electrons. The average molecular weight is 205 g/mol. The number of furan rings is 1. The minimum atomic E-state index is -0.257. The number of hydrogen-bond donors (Lipinski definition) is 2. The molecule has 15 heavy (non-hydrogen) atoms. The van der Waals surface area contributed by atoms with E-state index in [-0.39, 0.29) is 11.7 Å². The highest BCUT2D eigenvalue weighted by atomic mass is 16.3. The number of amides is 1. The molecule has 0 unspecified atom stereocenters. The molecule has 1 aromatic carbocycles. The predicted molar refractivity (Wildman–Crippen MR) is 56.0 cm³/mol. The first-order valence-corrected chi connectivity index (χ1v) is 4.58. The molecule has 0 atom stereocenters. The van der Waals surface area contributed by atoms with Gasteiger partial charge in [0.2, 0.25) is 0 Å². The standard InChI is InChI=1S/C11H11NO3/c1-6-9(11(14)12-2)10-7(13)4-3-5-8(10)15-6/h3-5,13H,1-2H3,(H,12,14). The average Bonchev–Trinajstić information content (AvgIpc) is 2.55. The highest BCUT2D eigenvalue weighted by molar-refractivity contribution is 6.09. The Morgan fingerprint density at radius 1 is 1.47 bits per heavy atom. The van der Waals surface area contributed by atoms with Crippen molar-refractivity contribution in [2.24, 2.45) is 0 Å². The van der Waals surface area contributed by atoms with Crippen LogP contribution in [0, 0.1) is 6.92 Å². The molecule has 2 N–H and O–H groups in total. The van der Waals surface area contributed by atoms with Crippen LogP contribution in [0.5, 0.6) is 5.75 Å². The molecule has 1 amide bonds. The molecule has 2 aromatic rings. The number of carbonyl (C=O) groups excluding carboxylic acids is 1. The Labute approximate surface area is 86.5 Å². The number of aromatic hydroxyl groups is 1. The number of phenolic OH excluding ortho intramolecular Hbond substituents is 1. The summed E-state index contributed by atoms with van der Waals surface area (Å²) in [7, 11) is 1.54. The van der Waals surface area contributed by atoms with Gasteiger partial charge in [0.15, 0.2) is 0 Å². The molecule has 0 spiro atoms. The number of rotatable bonds is 1. The zero-order chi connectivity index (χ0) is 11.0. The molecule has 0 aliphatic carbocycles. The van der Waals surface area contributed by atoms with E-state index in [2.05, 4.69) is 5.32 Å². The van der Waals surface area contributed by atoms with Gasteiger partial charge in [-0.1, -0.05) is 6.07 Å². The van der Waals surface area contributed by atoms with Crippen molar-refractivity contribution in [2.75, 3.05) is 7.05 Å². The van der Waals surface area contributed by atoms with E-state index in [1.807, 2.05) is 0 Å². The highest BCUT2D eigenvalue weighted by Crippen LogP contribution is 2.32. The van der Waals surface area contributed by atoms with Crippen molar-refractivity contribution in [1.82, 2.24) is 5.32 Å². The fourth-order valence-corrected chi connectivity index (χ4v) is 1.65. The molecular formula is C11H11NO3. The van der Waals surface area contributed by atoms with E-state index in [4.69, 9.17) is 4.42 Å². The second-order valence-electron chi connectivity index (χ2n) is 3.26. The number of benzene rings is 1. The van der Waals surface area contributed by atoms with Gasteiger partial charge < -0.3 is 14.8 Å². The Morgan fingerprint density at radius 3 is 2.87 bits per heavy atom. The van der Waals surface area contributed by atoms with Crippen LogP contribution < -0.4 is 5.32 Å². The minimum Gasteiger partial charge on any atom is -0.507 e. The fourth-order valence-electron chi connectivity index (χ4n) is 1.65. The largest absolute Gasteiger partial charge is 0.507 e. The SMILES string of the molecule is CNC(=O)c1c(C)oc2cccc(O)c12. The van der Waals surface area contributed by atoms with Crippen molar-refractivity contribution in [2.45, 2.75) is 6.92 Å². The molecule has 0 aliphatic heterocycles. The van der Waals surface area contributed by atoms with Gasteiger partial charge in [-0.25, -0.2) is 0 Å². The van der Waals surface area contributed by atoms with Crippen LogP contribution in [0.3, 0.4) is 0 Å². The minimum absolute atomic E-state index is 0.0583. The summed E-state index contributed by atoms with van der Waals surface area (Å²) in [6.07, 6.45) is 0. The zero-order valence-corrected chi connectivity index (χ0v) is 8.50. The lowest BCUT2D eigenvalue weighted by Crippen LogP contribution is -2.18. The fraction of sp³-hybridized carbons (Fsp3) is 0.182. The lowest BCUT2D eigenvalue weighted by atomic mass is 10.1. The molecule has 0 radical (unpaired) electrons. The number of aryl methyl sites for hydroxylation is 1. The molecule has 4 nitrogen and oxygen atoms in total. The summed E-state index contributed by atoms with van der Waals surface area (Å²) in [6, 6.07) is 4.92. The number of phenols is 1. The maximum absolute atomic E-state index is 11.6. The first-order valence-electron chi connectivity index (χ1n) is 4.58. The van der Waals surface area contributed by atoms with Crippen LogP contribution in [0.4, 0.5) is 0 Å². The third-order valence-corrected chi connectivity index (χ3v) is 2.32. The Morgan fingerprint density at radius 2 is 2.20 bits per heavy atom. The van der Waals surface area contributed by atoms with Gasteiger partial charge in [0, 0.05) is 7.05 Å². The lowest BCUT2D eigenvalue weighted by molar-refractivity contribution is 0.0963. The monoisotopic (exact) mass is 205 g/mol. The van der Waals surface area contributed by atoms with E-state index in [0.29, 0.717) is 22.3 Å². The normalized spacial score (nSPS) is 10.5. The van der Waals surface area contributed by atoms with Crippen molar-refractivity contribution in [3.8, 4) is 5.75 Å². The number of hydrogen-bond acceptors (Lipinski definition) is 3. The number of fused-ring (bicyclic) bond motifs is 1. The van der Waals surface area contributed by atoms with E-state index in [0.717, 1.165) is 0 Å². The maximum Gasteiger partial charge on any atom is 0.255 e. The summed E-state index contributed by atoms with van der Waals surface area (Å²) in [6.45, 7) is 1.70. The number of carbonyl (C=O) groups is 1. The third-order valence-electron chi connectivity index (χ3n) is 2.32. The van der Waals surface area contributed by atoms with Gasteiger partial charge in [-0.05, 0) is 19.1 Å². The molecule has 0 aliphatic rings. The van der Waals surface area contributed by atoms with Crippen LogP contribution in [0.25, 0.3) is 11.0 Å². The van der Waals surface area contributed by atoms with Gasteiger partial charge in [-0.3, -0.25) is 4.79 Å². The van der Waals surface area contributed by atoms with E-state index in [9.17, 15) is 9.90 Å². The van der Waals surface area contributed by atoms with Gasteiger partial charge in [-0.2, -0.15) is 0 Å². The molecular weight excluding hydrogens is 194 g/mol. The van der Waals surface area contributed by atoms with Crippen LogP contribution in [-0.4, -0.2) is 18.1 Å². The maximum atomic E-state index is 11.6. The van der Waals surface area contributed by atoms with Crippen molar-refractivity contribution < 1.29 is 14.3 Å². The third kappa shape index (κ3) is 1.34. The van der Waals surface area contributed by atoms with Crippen molar-refractivity contribution in [3.05, 3.63) is 29.5 Å². The summed E-state index contributed by atoms with van der Waals surface area (Å²) >= 11 is 0. The van der Waals surface area contributed by atoms with Gasteiger partial charge in [0.05, 0.1) is 10.9 Å². The van der Waals surface area contributed by atoms with Crippen LogP contribution in [0.2, 0.25) is 0 Å². The second-order valence-corrected chi connectivity index (χ2v) is 3.26. The molecule has 0 saturated heterocycles. The van der Waals surface area contributed by atoms with Crippen molar-refractivity contribution in [1.29, 1.82) is 0 Å². The van der Waals surface area contributed by atoms with Crippen molar-refractivity contribution in [3.63, 3.8) is 0 Å². The second kappa shape index (κ2) is 3.31. The van der Waals surface area contributed by atoms with Crippen LogP contribution in [-0.2, 0) is 0 Å². The highest BCUT2D eigenvalue weighted by Gasteiger charge is 2.19. The Bertz CT molecular complexity index is 528. The van der Waals surface area contributed by atoms with Crippen molar-refractivity contribution >= 4 is 16.9 Å². The summed E-state index contributed by atoms with van der Waals surface area (Å²) in [5.74, 6) is 0.307. The predicted octanol–water partition coefficient (Wildman–Crippen LogP) is 1.81. The van der Waals surface area contributed by atoms with Gasteiger partial charge in [0.1, 0.15) is 17.1 Å². The first kappa shape index (κ1) is 9.58. The number of nitrogens with one attached hydrogen (secondary N) is 1. The van der Waals surface area contributed by atoms with Crippen LogP contribution >= 0.6 is 0 Å². The molecule has 2 rings (SSSR count). The van der Waals surface area contributed by atoms with E-state index in [1.165, 1.54) is 6.07 Å². The molecule has 0 bridgehead atoms. The Balaban J connectivity index is 2.82. The lowest BCUT2D eigenvalue weighted by Gasteiger charge is -1.98. The zero-order valence-electron chi connectivity index (χ0n) is 8.50. The molecule has 4 heteroatoms. The summed E-state index contributed by atoms with van der Waals surface area (Å²) < 4.78 is 5.38. The summed E-state index contributed by atoms with van der Waals surface area (Å²) in [5, 5.41) is 12.7. The van der Waals surface area contributed by atoms with Gasteiger partial charge in [0.25, 0.3) is 5.91 Å². The van der Waals surface area contributed by atoms with Crippen LogP contribution in [0.1, 0.15) is 16.1 Å². The molecule has 0 saturated carbocycles. The first-order chi connectivity index (χ1) is 7.15. The van der Waals surface area contributed by atoms with E-state index >= 15 is 0 Å². The van der Waals surface area contributed by atoms with E-state index < -0.39 is 0 Å². The Kier molecular flexibility index (Phi) is 2.11. The molecule has 0 fully saturated rings. The molecule has 1 aromatic heterocycles. The molecule has 1 heterocycles. The quantitative estimate of drug-likeness (QED) is 0.746. The van der Waals surface area contributed by atoms with E-state index in [1.54, 1.807) is 26.1 Å². The Hall–Kier alpha value is -1.97.